The lowest BCUT2D eigenvalue weighted by molar-refractivity contribution is -0.132. The largest absolute Gasteiger partial charge is 0.341 e. The van der Waals surface area contributed by atoms with Crippen molar-refractivity contribution in [1.29, 1.82) is 0 Å². The molecule has 1 saturated heterocycles. The van der Waals surface area contributed by atoms with E-state index in [1.165, 1.54) is 4.88 Å². The van der Waals surface area contributed by atoms with E-state index in [1.807, 2.05) is 15.9 Å². The highest BCUT2D eigenvalue weighted by atomic mass is 32.1. The van der Waals surface area contributed by atoms with Crippen LogP contribution in [0, 0.1) is 5.92 Å². The maximum Gasteiger partial charge on any atom is 0.317 e. The Kier molecular flexibility index (Phi) is 5.20. The van der Waals surface area contributed by atoms with Crippen LogP contribution in [0.2, 0.25) is 0 Å². The Balaban J connectivity index is 1.45. The first-order valence-electron chi connectivity index (χ1n) is 8.50. The molecule has 2 heterocycles. The highest BCUT2D eigenvalue weighted by molar-refractivity contribution is 7.10. The van der Waals surface area contributed by atoms with E-state index in [9.17, 15) is 9.59 Å². The summed E-state index contributed by atoms with van der Waals surface area (Å²) in [6, 6.07) is 4.14. The zero-order valence-corrected chi connectivity index (χ0v) is 14.5. The fraction of sp³-hybridized carbons (Fsp3) is 0.647. The van der Waals surface area contributed by atoms with Gasteiger partial charge in [-0.1, -0.05) is 13.0 Å². The van der Waals surface area contributed by atoms with Crippen molar-refractivity contribution in [3.8, 4) is 0 Å². The minimum absolute atomic E-state index is 0.00544. The average Bonchev–Trinajstić information content (AvgIpc) is 3.32. The molecule has 3 amide bonds. The van der Waals surface area contributed by atoms with Gasteiger partial charge < -0.3 is 15.1 Å². The third-order valence-electron chi connectivity index (χ3n) is 4.61. The number of rotatable bonds is 4. The summed E-state index contributed by atoms with van der Waals surface area (Å²) < 4.78 is 0. The van der Waals surface area contributed by atoms with E-state index >= 15 is 0 Å². The van der Waals surface area contributed by atoms with Crippen LogP contribution >= 0.6 is 11.3 Å². The van der Waals surface area contributed by atoms with Gasteiger partial charge in [0.15, 0.2) is 0 Å². The second kappa shape index (κ2) is 7.34. The number of carbonyl (C=O) groups excluding carboxylic acids is 2. The van der Waals surface area contributed by atoms with Crippen LogP contribution in [0.3, 0.4) is 0 Å². The fourth-order valence-electron chi connectivity index (χ4n) is 2.95. The summed E-state index contributed by atoms with van der Waals surface area (Å²) in [6.07, 6.45) is 2.95. The van der Waals surface area contributed by atoms with E-state index in [0.29, 0.717) is 31.5 Å². The van der Waals surface area contributed by atoms with Crippen LogP contribution in [0.15, 0.2) is 17.5 Å². The molecule has 1 N–H and O–H groups in total. The van der Waals surface area contributed by atoms with Crippen LogP contribution < -0.4 is 5.32 Å². The van der Waals surface area contributed by atoms with E-state index in [4.69, 9.17) is 0 Å². The van der Waals surface area contributed by atoms with Crippen molar-refractivity contribution in [2.24, 2.45) is 5.92 Å². The lowest BCUT2D eigenvalue weighted by atomic mass is 10.1. The first kappa shape index (κ1) is 16.3. The van der Waals surface area contributed by atoms with Gasteiger partial charge in [0.25, 0.3) is 0 Å². The van der Waals surface area contributed by atoms with Crippen LogP contribution in [-0.4, -0.2) is 54.5 Å². The van der Waals surface area contributed by atoms with Crippen molar-refractivity contribution >= 4 is 23.3 Å². The predicted octanol–water partition coefficient (Wildman–Crippen LogP) is 2.51. The number of hydrogen-bond donors (Lipinski definition) is 1. The molecule has 3 rings (SSSR count). The Hall–Kier alpha value is -1.56. The Morgan fingerprint density at radius 3 is 2.70 bits per heavy atom. The van der Waals surface area contributed by atoms with Gasteiger partial charge in [-0.15, -0.1) is 11.3 Å². The molecule has 0 unspecified atom stereocenters. The molecule has 0 radical (unpaired) electrons. The topological polar surface area (TPSA) is 52.7 Å². The Bertz CT molecular complexity index is 542. The fourth-order valence-corrected chi connectivity index (χ4v) is 3.74. The molecule has 6 heteroatoms. The smallest absolute Gasteiger partial charge is 0.317 e. The molecule has 1 aromatic heterocycles. The monoisotopic (exact) mass is 335 g/mol. The molecule has 0 spiro atoms. The maximum absolute atomic E-state index is 12.4. The Morgan fingerprint density at radius 2 is 2.00 bits per heavy atom. The zero-order valence-electron chi connectivity index (χ0n) is 13.7. The first-order valence-corrected chi connectivity index (χ1v) is 9.38. The van der Waals surface area contributed by atoms with Crippen molar-refractivity contribution in [1.82, 2.24) is 15.1 Å². The molecule has 2 fully saturated rings. The minimum Gasteiger partial charge on any atom is -0.341 e. The molecule has 5 nitrogen and oxygen atoms in total. The second-order valence-corrected chi connectivity index (χ2v) is 7.52. The van der Waals surface area contributed by atoms with Crippen molar-refractivity contribution in [3.05, 3.63) is 22.4 Å². The van der Waals surface area contributed by atoms with Crippen LogP contribution in [-0.2, 0) is 4.79 Å². The summed E-state index contributed by atoms with van der Waals surface area (Å²) in [4.78, 5) is 29.6. The Morgan fingerprint density at radius 1 is 1.26 bits per heavy atom. The molecule has 1 saturated carbocycles. The number of thiophene rings is 1. The van der Waals surface area contributed by atoms with Gasteiger partial charge >= 0.3 is 6.03 Å². The predicted molar refractivity (Wildman–Crippen MR) is 91.6 cm³/mol. The molecule has 23 heavy (non-hydrogen) atoms. The van der Waals surface area contributed by atoms with Gasteiger partial charge in [-0.25, -0.2) is 4.79 Å². The van der Waals surface area contributed by atoms with Gasteiger partial charge in [-0.2, -0.15) is 0 Å². The molecular weight excluding hydrogens is 310 g/mol. The second-order valence-electron chi connectivity index (χ2n) is 6.54. The lowest BCUT2D eigenvalue weighted by Gasteiger charge is -2.23. The summed E-state index contributed by atoms with van der Waals surface area (Å²) in [5.74, 6) is 0.888. The number of urea groups is 1. The first-order chi connectivity index (χ1) is 11.1. The van der Waals surface area contributed by atoms with Gasteiger partial charge in [0.1, 0.15) is 0 Å². The number of nitrogens with zero attached hydrogens (tertiary/aromatic N) is 2. The molecule has 1 atom stereocenters. The number of carbonyl (C=O) groups is 2. The minimum atomic E-state index is -0.00544. The van der Waals surface area contributed by atoms with E-state index in [2.05, 4.69) is 23.7 Å². The summed E-state index contributed by atoms with van der Waals surface area (Å²) >= 11 is 1.72. The van der Waals surface area contributed by atoms with Crippen LogP contribution in [0.5, 0.6) is 0 Å². The van der Waals surface area contributed by atoms with Crippen molar-refractivity contribution in [2.45, 2.75) is 32.1 Å². The van der Waals surface area contributed by atoms with Gasteiger partial charge in [-0.3, -0.25) is 4.79 Å². The molecule has 2 aliphatic rings. The number of amides is 3. The standard InChI is InChI=1S/C17H25N3O2S/c1-13(15-4-2-11-23-15)12-18-17(22)20-8-3-7-19(9-10-20)16(21)14-5-6-14/h2,4,11,13-14H,3,5-10,12H2,1H3,(H,18,22)/t13-/m1/s1. The van der Waals surface area contributed by atoms with Gasteiger partial charge in [0.2, 0.25) is 5.91 Å². The van der Waals surface area contributed by atoms with Crippen molar-refractivity contribution < 1.29 is 9.59 Å². The maximum atomic E-state index is 12.4. The van der Waals surface area contributed by atoms with Crippen molar-refractivity contribution in [3.63, 3.8) is 0 Å². The highest BCUT2D eigenvalue weighted by Crippen LogP contribution is 2.31. The summed E-state index contributed by atoms with van der Waals surface area (Å²) in [5, 5.41) is 5.10. The zero-order chi connectivity index (χ0) is 16.2. The van der Waals surface area contributed by atoms with E-state index in [-0.39, 0.29) is 11.9 Å². The van der Waals surface area contributed by atoms with Gasteiger partial charge in [0.05, 0.1) is 0 Å². The molecule has 0 bridgehead atoms. The van der Waals surface area contributed by atoms with Crippen LogP contribution in [0.4, 0.5) is 4.79 Å². The molecular formula is C17H25N3O2S. The molecule has 126 valence electrons. The molecule has 1 aromatic rings. The summed E-state index contributed by atoms with van der Waals surface area (Å²) in [7, 11) is 0. The van der Waals surface area contributed by atoms with E-state index in [0.717, 1.165) is 32.4 Å². The SMILES string of the molecule is C[C@H](CNC(=O)N1CCCN(C(=O)C2CC2)CC1)c1cccs1. The average molecular weight is 335 g/mol. The van der Waals surface area contributed by atoms with E-state index < -0.39 is 0 Å². The number of hydrogen-bond acceptors (Lipinski definition) is 3. The lowest BCUT2D eigenvalue weighted by Crippen LogP contribution is -2.43. The molecule has 0 aromatic carbocycles. The third-order valence-corrected chi connectivity index (χ3v) is 5.71. The van der Waals surface area contributed by atoms with Crippen LogP contribution in [0.25, 0.3) is 0 Å². The van der Waals surface area contributed by atoms with Crippen LogP contribution in [0.1, 0.15) is 37.0 Å². The molecule has 1 aliphatic heterocycles. The Labute approximate surface area is 141 Å². The summed E-state index contributed by atoms with van der Waals surface area (Å²) in [6.45, 7) is 5.60. The highest BCUT2D eigenvalue weighted by Gasteiger charge is 2.34. The van der Waals surface area contributed by atoms with Gasteiger partial charge in [0, 0.05) is 49.4 Å². The quantitative estimate of drug-likeness (QED) is 0.919. The molecule has 1 aliphatic carbocycles. The summed E-state index contributed by atoms with van der Waals surface area (Å²) in [5.41, 5.74) is 0. The van der Waals surface area contributed by atoms with Gasteiger partial charge in [-0.05, 0) is 30.7 Å². The van der Waals surface area contributed by atoms with Crippen molar-refractivity contribution in [2.75, 3.05) is 32.7 Å². The van der Waals surface area contributed by atoms with E-state index in [1.54, 1.807) is 11.3 Å². The third kappa shape index (κ3) is 4.25. The normalized spacial score (nSPS) is 20.0. The number of nitrogens with one attached hydrogen (secondary N) is 1.